The summed E-state index contributed by atoms with van der Waals surface area (Å²) in [4.78, 5) is 11.8. The molecule has 0 amide bonds. The molecule has 0 N–H and O–H groups in total. The van der Waals surface area contributed by atoms with Crippen LogP contribution in [-0.2, 0) is 0 Å². The smallest absolute Gasteiger partial charge is 0.170 e. The van der Waals surface area contributed by atoms with Crippen LogP contribution < -0.4 is 14.2 Å². The number of carbonyl (C=O) groups excluding carboxylic acids is 1. The number of fused-ring (bicyclic) bond motifs is 1. The number of methoxy groups -OCH3 is 2. The standard InChI is InChI=1S/C12H14O4/c1-7-4-9(13)8-5-11(14-2)12(15-3)6-10(8)16-7/h5-7H,4H2,1-3H3. The number of hydrogen-bond acceptors (Lipinski definition) is 4. The van der Waals surface area contributed by atoms with E-state index in [1.165, 1.54) is 0 Å². The van der Waals surface area contributed by atoms with Crippen LogP contribution in [0.25, 0.3) is 0 Å². The average Bonchev–Trinajstić information content (AvgIpc) is 2.27. The Morgan fingerprint density at radius 2 is 1.88 bits per heavy atom. The van der Waals surface area contributed by atoms with Crippen molar-refractivity contribution >= 4 is 5.78 Å². The molecule has 0 aliphatic carbocycles. The van der Waals surface area contributed by atoms with E-state index in [9.17, 15) is 4.79 Å². The van der Waals surface area contributed by atoms with Crippen LogP contribution in [0.3, 0.4) is 0 Å². The molecule has 1 unspecified atom stereocenters. The predicted molar refractivity (Wildman–Crippen MR) is 58.6 cm³/mol. The molecule has 1 aliphatic heterocycles. The molecule has 0 saturated heterocycles. The van der Waals surface area contributed by atoms with Gasteiger partial charge in [-0.2, -0.15) is 0 Å². The van der Waals surface area contributed by atoms with Crippen LogP contribution in [0.4, 0.5) is 0 Å². The van der Waals surface area contributed by atoms with Crippen molar-refractivity contribution in [3.05, 3.63) is 17.7 Å². The van der Waals surface area contributed by atoms with E-state index in [4.69, 9.17) is 14.2 Å². The molecule has 1 aromatic carbocycles. The average molecular weight is 222 g/mol. The first-order valence-electron chi connectivity index (χ1n) is 5.11. The van der Waals surface area contributed by atoms with E-state index >= 15 is 0 Å². The lowest BCUT2D eigenvalue weighted by atomic mass is 10.0. The maximum Gasteiger partial charge on any atom is 0.170 e. The predicted octanol–water partition coefficient (Wildman–Crippen LogP) is 2.06. The molecule has 1 atom stereocenters. The van der Waals surface area contributed by atoms with Crippen LogP contribution in [0.15, 0.2) is 12.1 Å². The topological polar surface area (TPSA) is 44.8 Å². The van der Waals surface area contributed by atoms with Crippen LogP contribution >= 0.6 is 0 Å². The molecule has 1 aliphatic rings. The van der Waals surface area contributed by atoms with E-state index in [2.05, 4.69) is 0 Å². The molecular weight excluding hydrogens is 208 g/mol. The highest BCUT2D eigenvalue weighted by molar-refractivity contribution is 6.00. The lowest BCUT2D eigenvalue weighted by molar-refractivity contribution is 0.0869. The zero-order valence-electron chi connectivity index (χ0n) is 9.57. The Morgan fingerprint density at radius 1 is 1.25 bits per heavy atom. The fourth-order valence-electron chi connectivity index (χ4n) is 1.81. The second kappa shape index (κ2) is 4.04. The van der Waals surface area contributed by atoms with E-state index in [0.29, 0.717) is 29.2 Å². The number of hydrogen-bond donors (Lipinski definition) is 0. The summed E-state index contributed by atoms with van der Waals surface area (Å²) in [6, 6.07) is 3.37. The number of ether oxygens (including phenoxy) is 3. The Bertz CT molecular complexity index is 425. The van der Waals surface area contributed by atoms with Crippen LogP contribution in [0.2, 0.25) is 0 Å². The van der Waals surface area contributed by atoms with Gasteiger partial charge in [0.1, 0.15) is 11.9 Å². The maximum absolute atomic E-state index is 11.8. The molecule has 1 aromatic rings. The first kappa shape index (κ1) is 10.8. The highest BCUT2D eigenvalue weighted by atomic mass is 16.5. The fourth-order valence-corrected chi connectivity index (χ4v) is 1.81. The molecule has 0 fully saturated rings. The molecule has 4 nitrogen and oxygen atoms in total. The molecule has 0 spiro atoms. The third-order valence-corrected chi connectivity index (χ3v) is 2.59. The molecular formula is C12H14O4. The van der Waals surface area contributed by atoms with E-state index in [0.717, 1.165) is 0 Å². The van der Waals surface area contributed by atoms with Crippen LogP contribution in [0.5, 0.6) is 17.2 Å². The highest BCUT2D eigenvalue weighted by Crippen LogP contribution is 2.37. The second-order valence-electron chi connectivity index (χ2n) is 3.76. The van der Waals surface area contributed by atoms with Crippen LogP contribution in [0, 0.1) is 0 Å². The SMILES string of the molecule is COc1cc2c(cc1OC)C(=O)CC(C)O2. The Morgan fingerprint density at radius 3 is 2.50 bits per heavy atom. The van der Waals surface area contributed by atoms with Crippen molar-refractivity contribution in [1.29, 1.82) is 0 Å². The van der Waals surface area contributed by atoms with Crippen LogP contribution in [-0.4, -0.2) is 26.1 Å². The van der Waals surface area contributed by atoms with Crippen molar-refractivity contribution in [1.82, 2.24) is 0 Å². The van der Waals surface area contributed by atoms with Crippen molar-refractivity contribution in [2.24, 2.45) is 0 Å². The van der Waals surface area contributed by atoms with Gasteiger partial charge < -0.3 is 14.2 Å². The summed E-state index contributed by atoms with van der Waals surface area (Å²) in [6.45, 7) is 1.87. The Labute approximate surface area is 94.1 Å². The third-order valence-electron chi connectivity index (χ3n) is 2.59. The monoisotopic (exact) mass is 222 g/mol. The molecule has 1 heterocycles. The summed E-state index contributed by atoms with van der Waals surface area (Å²) in [7, 11) is 3.10. The van der Waals surface area contributed by atoms with Gasteiger partial charge in [0.15, 0.2) is 17.3 Å². The molecule has 16 heavy (non-hydrogen) atoms. The van der Waals surface area contributed by atoms with Gasteiger partial charge in [0.05, 0.1) is 19.8 Å². The van der Waals surface area contributed by atoms with Crippen molar-refractivity contribution in [3.8, 4) is 17.2 Å². The molecule has 86 valence electrons. The first-order valence-corrected chi connectivity index (χ1v) is 5.11. The van der Waals surface area contributed by atoms with Crippen molar-refractivity contribution < 1.29 is 19.0 Å². The summed E-state index contributed by atoms with van der Waals surface area (Å²) >= 11 is 0. The molecule has 0 saturated carbocycles. The Balaban J connectivity index is 2.51. The maximum atomic E-state index is 11.8. The summed E-state index contributed by atoms with van der Waals surface area (Å²) in [5, 5.41) is 0. The number of Topliss-reactive ketones (excluding diaryl/α,β-unsaturated/α-hetero) is 1. The van der Waals surface area contributed by atoms with Gasteiger partial charge in [-0.05, 0) is 13.0 Å². The first-order chi connectivity index (χ1) is 7.65. The minimum Gasteiger partial charge on any atom is -0.493 e. The lowest BCUT2D eigenvalue weighted by Gasteiger charge is -2.23. The highest BCUT2D eigenvalue weighted by Gasteiger charge is 2.25. The number of rotatable bonds is 2. The van der Waals surface area contributed by atoms with Gasteiger partial charge in [-0.25, -0.2) is 0 Å². The van der Waals surface area contributed by atoms with Gasteiger partial charge in [-0.15, -0.1) is 0 Å². The summed E-state index contributed by atoms with van der Waals surface area (Å²) in [5.41, 5.74) is 0.566. The van der Waals surface area contributed by atoms with Crippen molar-refractivity contribution in [2.75, 3.05) is 14.2 Å². The van der Waals surface area contributed by atoms with Gasteiger partial charge >= 0.3 is 0 Å². The fraction of sp³-hybridized carbons (Fsp3) is 0.417. The van der Waals surface area contributed by atoms with E-state index < -0.39 is 0 Å². The van der Waals surface area contributed by atoms with Gasteiger partial charge in [0, 0.05) is 12.5 Å². The normalized spacial score (nSPS) is 18.7. The Kier molecular flexibility index (Phi) is 2.73. The number of benzene rings is 1. The summed E-state index contributed by atoms with van der Waals surface area (Å²) in [5.74, 6) is 1.77. The molecule has 0 aromatic heterocycles. The number of carbonyl (C=O) groups is 1. The zero-order chi connectivity index (χ0) is 11.7. The van der Waals surface area contributed by atoms with Gasteiger partial charge in [0.2, 0.25) is 0 Å². The van der Waals surface area contributed by atoms with E-state index in [-0.39, 0.29) is 11.9 Å². The molecule has 2 rings (SSSR count). The van der Waals surface area contributed by atoms with Gasteiger partial charge in [0.25, 0.3) is 0 Å². The van der Waals surface area contributed by atoms with E-state index in [1.807, 2.05) is 6.92 Å². The number of ketones is 1. The van der Waals surface area contributed by atoms with Gasteiger partial charge in [-0.1, -0.05) is 0 Å². The van der Waals surface area contributed by atoms with Gasteiger partial charge in [-0.3, -0.25) is 4.79 Å². The lowest BCUT2D eigenvalue weighted by Crippen LogP contribution is -2.24. The minimum atomic E-state index is -0.0851. The third kappa shape index (κ3) is 1.71. The quantitative estimate of drug-likeness (QED) is 0.768. The largest absolute Gasteiger partial charge is 0.493 e. The van der Waals surface area contributed by atoms with Crippen molar-refractivity contribution in [2.45, 2.75) is 19.4 Å². The second-order valence-corrected chi connectivity index (χ2v) is 3.76. The summed E-state index contributed by atoms with van der Waals surface area (Å²) < 4.78 is 15.9. The summed E-state index contributed by atoms with van der Waals surface area (Å²) in [6.07, 6.45) is 0.320. The molecule has 0 radical (unpaired) electrons. The molecule has 4 heteroatoms. The zero-order valence-corrected chi connectivity index (χ0v) is 9.57. The van der Waals surface area contributed by atoms with Crippen molar-refractivity contribution in [3.63, 3.8) is 0 Å². The molecule has 0 bridgehead atoms. The Hall–Kier alpha value is -1.71. The van der Waals surface area contributed by atoms with Crippen LogP contribution in [0.1, 0.15) is 23.7 Å². The minimum absolute atomic E-state index is 0.0784. The van der Waals surface area contributed by atoms with E-state index in [1.54, 1.807) is 26.4 Å².